The molecule has 0 aliphatic heterocycles. The van der Waals surface area contributed by atoms with Crippen LogP contribution in [0.5, 0.6) is 0 Å². The van der Waals surface area contributed by atoms with Crippen molar-refractivity contribution in [1.82, 2.24) is 15.1 Å². The maximum absolute atomic E-state index is 12.4. The van der Waals surface area contributed by atoms with Crippen molar-refractivity contribution >= 4 is 17.5 Å². The number of amides is 2. The normalized spacial score (nSPS) is 10.3. The van der Waals surface area contributed by atoms with E-state index in [0.29, 0.717) is 24.3 Å². The number of nitrogens with zero attached hydrogens (tertiary/aromatic N) is 2. The second-order valence-electron chi connectivity index (χ2n) is 5.53. The molecule has 7 heteroatoms. The monoisotopic (exact) mass is 342 g/mol. The second-order valence-corrected chi connectivity index (χ2v) is 5.53. The lowest BCUT2D eigenvalue weighted by molar-refractivity contribution is 0.0954. The quantitative estimate of drug-likeness (QED) is 0.805. The van der Waals surface area contributed by atoms with Gasteiger partial charge in [0.15, 0.2) is 0 Å². The van der Waals surface area contributed by atoms with Crippen molar-refractivity contribution in [3.8, 4) is 0 Å². The van der Waals surface area contributed by atoms with E-state index in [1.54, 1.807) is 24.3 Å². The van der Waals surface area contributed by atoms with Gasteiger partial charge in [-0.2, -0.15) is 5.10 Å². The molecule has 0 aliphatic rings. The molecule has 0 atom stereocenters. The summed E-state index contributed by atoms with van der Waals surface area (Å²) in [7, 11) is 0. The van der Waals surface area contributed by atoms with E-state index in [1.165, 1.54) is 16.8 Å². The number of hydrogen-bond donors (Lipinski definition) is 2. The van der Waals surface area contributed by atoms with Gasteiger partial charge >= 0.3 is 0 Å². The van der Waals surface area contributed by atoms with Crippen LogP contribution < -0.4 is 16.2 Å². The van der Waals surface area contributed by atoms with Crippen LogP contribution in [0.1, 0.15) is 47.5 Å². The zero-order valence-electron chi connectivity index (χ0n) is 14.4. The SMILES string of the molecule is CCCCn1nc(C(=O)Nc2cccc(C(=O)NCC)c2)ccc1=O. The molecule has 0 fully saturated rings. The molecule has 2 N–H and O–H groups in total. The highest BCUT2D eigenvalue weighted by Crippen LogP contribution is 2.11. The molecule has 2 rings (SSSR count). The van der Waals surface area contributed by atoms with Crippen molar-refractivity contribution in [2.75, 3.05) is 11.9 Å². The molecular formula is C18H22N4O3. The van der Waals surface area contributed by atoms with Crippen LogP contribution in [0.2, 0.25) is 0 Å². The molecule has 132 valence electrons. The highest BCUT2D eigenvalue weighted by molar-refractivity contribution is 6.03. The first kappa shape index (κ1) is 18.4. The summed E-state index contributed by atoms with van der Waals surface area (Å²) in [6.45, 7) is 4.85. The van der Waals surface area contributed by atoms with Gasteiger partial charge in [-0.05, 0) is 37.6 Å². The minimum atomic E-state index is -0.432. The molecule has 1 aromatic heterocycles. The Morgan fingerprint density at radius 2 is 1.92 bits per heavy atom. The highest BCUT2D eigenvalue weighted by Gasteiger charge is 2.11. The Bertz CT molecular complexity index is 814. The number of carbonyl (C=O) groups is 2. The van der Waals surface area contributed by atoms with Gasteiger partial charge in [-0.25, -0.2) is 4.68 Å². The van der Waals surface area contributed by atoms with E-state index in [2.05, 4.69) is 15.7 Å². The largest absolute Gasteiger partial charge is 0.352 e. The summed E-state index contributed by atoms with van der Waals surface area (Å²) in [6, 6.07) is 9.37. The van der Waals surface area contributed by atoms with Crippen molar-refractivity contribution in [3.05, 3.63) is 58.0 Å². The van der Waals surface area contributed by atoms with Gasteiger partial charge in [-0.15, -0.1) is 0 Å². The van der Waals surface area contributed by atoms with Crippen LogP contribution >= 0.6 is 0 Å². The first-order valence-corrected chi connectivity index (χ1v) is 8.33. The summed E-state index contributed by atoms with van der Waals surface area (Å²) in [4.78, 5) is 36.0. The van der Waals surface area contributed by atoms with Crippen molar-refractivity contribution in [1.29, 1.82) is 0 Å². The van der Waals surface area contributed by atoms with Crippen LogP contribution in [0.4, 0.5) is 5.69 Å². The van der Waals surface area contributed by atoms with E-state index < -0.39 is 5.91 Å². The van der Waals surface area contributed by atoms with Crippen LogP contribution in [0, 0.1) is 0 Å². The van der Waals surface area contributed by atoms with Gasteiger partial charge < -0.3 is 10.6 Å². The third-order valence-electron chi connectivity index (χ3n) is 3.54. The Balaban J connectivity index is 2.15. The van der Waals surface area contributed by atoms with Gasteiger partial charge in [0, 0.05) is 30.4 Å². The standard InChI is InChI=1S/C18H22N4O3/c1-3-5-11-22-16(23)10-9-15(21-22)18(25)20-14-8-6-7-13(12-14)17(24)19-4-2/h6-10,12H,3-5,11H2,1-2H3,(H,19,24)(H,20,25). The van der Waals surface area contributed by atoms with Crippen LogP contribution in [-0.2, 0) is 6.54 Å². The van der Waals surface area contributed by atoms with Crippen molar-refractivity contribution in [2.45, 2.75) is 33.2 Å². The van der Waals surface area contributed by atoms with E-state index in [4.69, 9.17) is 0 Å². The molecule has 0 saturated carbocycles. The van der Waals surface area contributed by atoms with Crippen molar-refractivity contribution < 1.29 is 9.59 Å². The highest BCUT2D eigenvalue weighted by atomic mass is 16.2. The van der Waals surface area contributed by atoms with Gasteiger partial charge in [0.2, 0.25) is 0 Å². The lowest BCUT2D eigenvalue weighted by Gasteiger charge is -2.09. The van der Waals surface area contributed by atoms with Gasteiger partial charge in [0.05, 0.1) is 0 Å². The van der Waals surface area contributed by atoms with E-state index in [-0.39, 0.29) is 17.2 Å². The van der Waals surface area contributed by atoms with Crippen LogP contribution in [-0.4, -0.2) is 28.1 Å². The topological polar surface area (TPSA) is 93.1 Å². The van der Waals surface area contributed by atoms with E-state index >= 15 is 0 Å². The van der Waals surface area contributed by atoms with E-state index in [0.717, 1.165) is 12.8 Å². The molecule has 0 unspecified atom stereocenters. The predicted octanol–water partition coefficient (Wildman–Crippen LogP) is 2.05. The second kappa shape index (κ2) is 8.77. The Labute approximate surface area is 146 Å². The lowest BCUT2D eigenvalue weighted by Crippen LogP contribution is -2.26. The molecule has 25 heavy (non-hydrogen) atoms. The molecule has 1 heterocycles. The molecule has 0 aliphatic carbocycles. The number of nitrogens with one attached hydrogen (secondary N) is 2. The van der Waals surface area contributed by atoms with Crippen LogP contribution in [0.3, 0.4) is 0 Å². The summed E-state index contributed by atoms with van der Waals surface area (Å²) in [5, 5.41) is 9.51. The molecule has 2 amide bonds. The Morgan fingerprint density at radius 1 is 1.12 bits per heavy atom. The summed E-state index contributed by atoms with van der Waals surface area (Å²) >= 11 is 0. The third-order valence-corrected chi connectivity index (χ3v) is 3.54. The maximum Gasteiger partial charge on any atom is 0.276 e. The van der Waals surface area contributed by atoms with Gasteiger partial charge in [-0.3, -0.25) is 14.4 Å². The zero-order chi connectivity index (χ0) is 18.2. The molecule has 0 radical (unpaired) electrons. The van der Waals surface area contributed by atoms with Gasteiger partial charge in [-0.1, -0.05) is 19.4 Å². The van der Waals surface area contributed by atoms with Crippen LogP contribution in [0.15, 0.2) is 41.2 Å². The number of unbranched alkanes of at least 4 members (excludes halogenated alkanes) is 1. The maximum atomic E-state index is 12.4. The molecule has 0 bridgehead atoms. The molecule has 0 spiro atoms. The Morgan fingerprint density at radius 3 is 2.64 bits per heavy atom. The van der Waals surface area contributed by atoms with E-state index in [1.807, 2.05) is 13.8 Å². The minimum Gasteiger partial charge on any atom is -0.352 e. The summed E-state index contributed by atoms with van der Waals surface area (Å²) in [5.41, 5.74) is 0.865. The third kappa shape index (κ3) is 5.00. The number of anilines is 1. The Hall–Kier alpha value is -2.96. The molecule has 7 nitrogen and oxygen atoms in total. The fraction of sp³-hybridized carbons (Fsp3) is 0.333. The number of rotatable bonds is 7. The summed E-state index contributed by atoms with van der Waals surface area (Å²) in [6.07, 6.45) is 1.74. The summed E-state index contributed by atoms with van der Waals surface area (Å²) in [5.74, 6) is -0.636. The Kier molecular flexibility index (Phi) is 6.45. The number of benzene rings is 1. The van der Waals surface area contributed by atoms with E-state index in [9.17, 15) is 14.4 Å². The molecular weight excluding hydrogens is 320 g/mol. The zero-order valence-corrected chi connectivity index (χ0v) is 14.4. The average molecular weight is 342 g/mol. The molecule has 2 aromatic rings. The number of hydrogen-bond acceptors (Lipinski definition) is 4. The average Bonchev–Trinajstić information content (AvgIpc) is 2.61. The van der Waals surface area contributed by atoms with Gasteiger partial charge in [0.25, 0.3) is 17.4 Å². The van der Waals surface area contributed by atoms with Gasteiger partial charge in [0.1, 0.15) is 5.69 Å². The van der Waals surface area contributed by atoms with Crippen molar-refractivity contribution in [3.63, 3.8) is 0 Å². The fourth-order valence-corrected chi connectivity index (χ4v) is 2.23. The van der Waals surface area contributed by atoms with Crippen molar-refractivity contribution in [2.24, 2.45) is 0 Å². The van der Waals surface area contributed by atoms with Crippen LogP contribution in [0.25, 0.3) is 0 Å². The number of aromatic nitrogens is 2. The fourth-order valence-electron chi connectivity index (χ4n) is 2.23. The predicted molar refractivity (Wildman–Crippen MR) is 95.8 cm³/mol. The first-order chi connectivity index (χ1) is 12.0. The minimum absolute atomic E-state index is 0.152. The number of carbonyl (C=O) groups excluding carboxylic acids is 2. The summed E-state index contributed by atoms with van der Waals surface area (Å²) < 4.78 is 1.30. The molecule has 0 saturated heterocycles. The first-order valence-electron chi connectivity index (χ1n) is 8.33. The lowest BCUT2D eigenvalue weighted by atomic mass is 10.2. The number of aryl methyl sites for hydroxylation is 1. The smallest absolute Gasteiger partial charge is 0.276 e. The molecule has 1 aromatic carbocycles.